The van der Waals surface area contributed by atoms with Gasteiger partial charge in [0.25, 0.3) is 0 Å². The fourth-order valence-corrected chi connectivity index (χ4v) is 1.83. The van der Waals surface area contributed by atoms with E-state index in [1.54, 1.807) is 0 Å². The third-order valence-electron chi connectivity index (χ3n) is 2.68. The Morgan fingerprint density at radius 3 is 2.62 bits per heavy atom. The lowest BCUT2D eigenvalue weighted by Gasteiger charge is -2.08. The van der Waals surface area contributed by atoms with Gasteiger partial charge in [0, 0.05) is 5.69 Å². The number of aryl methyl sites for hydroxylation is 1. The molecule has 1 heterocycles. The van der Waals surface area contributed by atoms with E-state index in [0.717, 1.165) is 18.7 Å². The molecule has 1 aromatic rings. The zero-order valence-electron chi connectivity index (χ0n) is 10.8. The summed E-state index contributed by atoms with van der Waals surface area (Å²) in [4.78, 5) is 0. The van der Waals surface area contributed by atoms with Crippen molar-refractivity contribution in [2.45, 2.75) is 46.8 Å². The van der Waals surface area contributed by atoms with Gasteiger partial charge >= 0.3 is 0 Å². The summed E-state index contributed by atoms with van der Waals surface area (Å²) in [7, 11) is 0. The van der Waals surface area contributed by atoms with E-state index in [4.69, 9.17) is 10.5 Å². The van der Waals surface area contributed by atoms with Gasteiger partial charge in [0.05, 0.1) is 24.9 Å². The zero-order chi connectivity index (χ0) is 12.1. The minimum atomic E-state index is 0.278. The Morgan fingerprint density at radius 1 is 1.38 bits per heavy atom. The molecule has 16 heavy (non-hydrogen) atoms. The monoisotopic (exact) mass is 225 g/mol. The van der Waals surface area contributed by atoms with E-state index in [1.807, 2.05) is 25.5 Å². The van der Waals surface area contributed by atoms with Crippen molar-refractivity contribution >= 4 is 0 Å². The molecule has 0 saturated heterocycles. The lowest BCUT2D eigenvalue weighted by Crippen LogP contribution is -2.13. The first-order valence-corrected chi connectivity index (χ1v) is 5.90. The highest BCUT2D eigenvalue weighted by Gasteiger charge is 2.10. The number of aromatic nitrogens is 2. The molecule has 0 atom stereocenters. The van der Waals surface area contributed by atoms with E-state index in [0.29, 0.717) is 13.2 Å². The summed E-state index contributed by atoms with van der Waals surface area (Å²) < 4.78 is 7.54. The van der Waals surface area contributed by atoms with E-state index in [9.17, 15) is 0 Å². The molecule has 4 heteroatoms. The summed E-state index contributed by atoms with van der Waals surface area (Å²) in [6.07, 6.45) is 1.18. The van der Waals surface area contributed by atoms with Crippen LogP contribution in [0.25, 0.3) is 0 Å². The van der Waals surface area contributed by atoms with Gasteiger partial charge in [-0.25, -0.2) is 0 Å². The van der Waals surface area contributed by atoms with Crippen molar-refractivity contribution in [3.05, 3.63) is 17.0 Å². The number of rotatable bonds is 6. The van der Waals surface area contributed by atoms with Gasteiger partial charge in [0.15, 0.2) is 0 Å². The first-order valence-electron chi connectivity index (χ1n) is 5.90. The molecule has 0 aliphatic rings. The quantitative estimate of drug-likeness (QED) is 0.796. The average Bonchev–Trinajstić information content (AvgIpc) is 2.46. The second kappa shape index (κ2) is 6.01. The molecule has 92 valence electrons. The molecule has 0 bridgehead atoms. The van der Waals surface area contributed by atoms with Gasteiger partial charge in [0.1, 0.15) is 0 Å². The van der Waals surface area contributed by atoms with Crippen LogP contribution >= 0.6 is 0 Å². The van der Waals surface area contributed by atoms with E-state index in [-0.39, 0.29) is 6.10 Å². The van der Waals surface area contributed by atoms with Gasteiger partial charge in [-0.05, 0) is 46.2 Å². The van der Waals surface area contributed by atoms with Crippen LogP contribution in [0.3, 0.4) is 0 Å². The molecule has 1 aromatic heterocycles. The molecule has 0 radical (unpaired) electrons. The van der Waals surface area contributed by atoms with Gasteiger partial charge in [-0.2, -0.15) is 5.10 Å². The fourth-order valence-electron chi connectivity index (χ4n) is 1.83. The maximum Gasteiger partial charge on any atom is 0.0666 e. The predicted molar refractivity (Wildman–Crippen MR) is 65.5 cm³/mol. The van der Waals surface area contributed by atoms with Crippen molar-refractivity contribution in [1.29, 1.82) is 0 Å². The molecule has 0 unspecified atom stereocenters. The van der Waals surface area contributed by atoms with Gasteiger partial charge in [-0.3, -0.25) is 4.68 Å². The van der Waals surface area contributed by atoms with Crippen LogP contribution in [0.2, 0.25) is 0 Å². The molecule has 0 aliphatic heterocycles. The molecular weight excluding hydrogens is 202 g/mol. The van der Waals surface area contributed by atoms with Crippen molar-refractivity contribution in [3.63, 3.8) is 0 Å². The van der Waals surface area contributed by atoms with E-state index >= 15 is 0 Å². The Balaban J connectivity index is 2.63. The van der Waals surface area contributed by atoms with Crippen molar-refractivity contribution in [2.24, 2.45) is 5.73 Å². The minimum Gasteiger partial charge on any atom is -0.377 e. The summed E-state index contributed by atoms with van der Waals surface area (Å²) in [6.45, 7) is 10.4. The molecule has 0 fully saturated rings. The van der Waals surface area contributed by atoms with Crippen molar-refractivity contribution in [1.82, 2.24) is 9.78 Å². The smallest absolute Gasteiger partial charge is 0.0666 e. The second-order valence-electron chi connectivity index (χ2n) is 4.33. The molecular formula is C12H23N3O. The summed E-state index contributed by atoms with van der Waals surface area (Å²) in [5.74, 6) is 0. The maximum atomic E-state index is 5.59. The largest absolute Gasteiger partial charge is 0.377 e. The summed E-state index contributed by atoms with van der Waals surface area (Å²) >= 11 is 0. The number of hydrogen-bond acceptors (Lipinski definition) is 3. The van der Waals surface area contributed by atoms with E-state index in [1.165, 1.54) is 11.3 Å². The van der Waals surface area contributed by atoms with Crippen LogP contribution < -0.4 is 5.73 Å². The summed E-state index contributed by atoms with van der Waals surface area (Å²) in [6, 6.07) is 0. The standard InChI is InChI=1S/C12H23N3O/c1-9(2)16-8-7-15-11(4)12(5-6-13)10(3)14-15/h9H,5-8,13H2,1-4H3. The highest BCUT2D eigenvalue weighted by atomic mass is 16.5. The molecule has 4 nitrogen and oxygen atoms in total. The van der Waals surface area contributed by atoms with Crippen molar-refractivity contribution in [2.75, 3.05) is 13.2 Å². The van der Waals surface area contributed by atoms with Gasteiger partial charge in [-0.1, -0.05) is 0 Å². The molecule has 2 N–H and O–H groups in total. The Kier molecular flexibility index (Phi) is 4.96. The molecule has 0 spiro atoms. The molecule has 0 amide bonds. The molecule has 0 saturated carbocycles. The highest BCUT2D eigenvalue weighted by Crippen LogP contribution is 2.13. The minimum absolute atomic E-state index is 0.278. The SMILES string of the molecule is Cc1nn(CCOC(C)C)c(C)c1CCN. The van der Waals surface area contributed by atoms with Crippen LogP contribution in [0.15, 0.2) is 0 Å². The van der Waals surface area contributed by atoms with Crippen LogP contribution in [0.4, 0.5) is 0 Å². The predicted octanol–water partition coefficient (Wildman–Crippen LogP) is 1.43. The average molecular weight is 225 g/mol. The first kappa shape index (κ1) is 13.2. The van der Waals surface area contributed by atoms with Gasteiger partial charge in [0.2, 0.25) is 0 Å². The third-order valence-corrected chi connectivity index (χ3v) is 2.68. The lowest BCUT2D eigenvalue weighted by molar-refractivity contribution is 0.0706. The second-order valence-corrected chi connectivity index (χ2v) is 4.33. The third kappa shape index (κ3) is 3.32. The topological polar surface area (TPSA) is 53.1 Å². The first-order chi connectivity index (χ1) is 7.56. The Hall–Kier alpha value is -0.870. The van der Waals surface area contributed by atoms with Gasteiger partial charge in [-0.15, -0.1) is 0 Å². The normalized spacial score (nSPS) is 11.4. The maximum absolute atomic E-state index is 5.59. The van der Waals surface area contributed by atoms with Crippen LogP contribution in [-0.2, 0) is 17.7 Å². The number of nitrogens with zero attached hydrogens (tertiary/aromatic N) is 2. The lowest BCUT2D eigenvalue weighted by atomic mass is 10.1. The van der Waals surface area contributed by atoms with Crippen LogP contribution in [0.1, 0.15) is 30.8 Å². The molecule has 0 aromatic carbocycles. The fraction of sp³-hybridized carbons (Fsp3) is 0.750. The highest BCUT2D eigenvalue weighted by molar-refractivity contribution is 5.24. The summed E-state index contributed by atoms with van der Waals surface area (Å²) in [5.41, 5.74) is 9.18. The molecule has 0 aliphatic carbocycles. The van der Waals surface area contributed by atoms with Crippen LogP contribution in [0, 0.1) is 13.8 Å². The number of nitrogens with two attached hydrogens (primary N) is 1. The van der Waals surface area contributed by atoms with Gasteiger partial charge < -0.3 is 10.5 Å². The summed E-state index contributed by atoms with van der Waals surface area (Å²) in [5, 5.41) is 4.51. The van der Waals surface area contributed by atoms with Crippen molar-refractivity contribution < 1.29 is 4.74 Å². The number of hydrogen-bond donors (Lipinski definition) is 1. The van der Waals surface area contributed by atoms with E-state index < -0.39 is 0 Å². The Labute approximate surface area is 97.8 Å². The van der Waals surface area contributed by atoms with E-state index in [2.05, 4.69) is 12.0 Å². The Morgan fingerprint density at radius 2 is 2.06 bits per heavy atom. The van der Waals surface area contributed by atoms with Crippen LogP contribution in [0.5, 0.6) is 0 Å². The zero-order valence-corrected chi connectivity index (χ0v) is 10.8. The van der Waals surface area contributed by atoms with Crippen LogP contribution in [-0.4, -0.2) is 29.0 Å². The molecule has 1 rings (SSSR count). The number of ether oxygens (including phenoxy) is 1. The Bertz CT molecular complexity index is 331. The van der Waals surface area contributed by atoms with Crippen molar-refractivity contribution in [3.8, 4) is 0 Å².